The summed E-state index contributed by atoms with van der Waals surface area (Å²) in [6.07, 6.45) is 9.24. The van der Waals surface area contributed by atoms with Crippen molar-refractivity contribution in [2.24, 2.45) is 5.92 Å². The Bertz CT molecular complexity index is 1050. The van der Waals surface area contributed by atoms with Crippen LogP contribution < -0.4 is 5.32 Å². The van der Waals surface area contributed by atoms with Crippen molar-refractivity contribution in [1.82, 2.24) is 4.98 Å². The Balaban J connectivity index is 1.53. The normalized spacial score (nSPS) is 13.8. The first-order valence-electron chi connectivity index (χ1n) is 9.08. The van der Waals surface area contributed by atoms with Crippen LogP contribution >= 0.6 is 0 Å². The highest BCUT2D eigenvalue weighted by Gasteiger charge is 2.17. The van der Waals surface area contributed by atoms with E-state index in [-0.39, 0.29) is 5.91 Å². The quantitative estimate of drug-likeness (QED) is 0.652. The highest BCUT2D eigenvalue weighted by molar-refractivity contribution is 6.06. The van der Waals surface area contributed by atoms with Gasteiger partial charge in [0.25, 0.3) is 5.91 Å². The minimum absolute atomic E-state index is 0.153. The van der Waals surface area contributed by atoms with E-state index in [1.807, 2.05) is 43.3 Å². The second kappa shape index (κ2) is 7.16. The lowest BCUT2D eigenvalue weighted by Crippen LogP contribution is -2.12. The van der Waals surface area contributed by atoms with Crippen LogP contribution in [0.4, 0.5) is 5.69 Å². The number of pyridine rings is 1. The Labute approximate surface area is 157 Å². The lowest BCUT2D eigenvalue weighted by molar-refractivity contribution is 0.102. The van der Waals surface area contributed by atoms with Gasteiger partial charge in [-0.25, -0.2) is 0 Å². The van der Waals surface area contributed by atoms with Crippen LogP contribution in [0.15, 0.2) is 54.7 Å². The van der Waals surface area contributed by atoms with Crippen molar-refractivity contribution >= 4 is 34.9 Å². The number of carbonyl (C=O) groups excluding carboxylic acids is 2. The van der Waals surface area contributed by atoms with Crippen molar-refractivity contribution in [3.63, 3.8) is 0 Å². The molecule has 1 amide bonds. The average Bonchev–Trinajstić information content (AvgIpc) is 3.53. The molecule has 1 saturated carbocycles. The number of fused-ring (bicyclic) bond motifs is 1. The summed E-state index contributed by atoms with van der Waals surface area (Å²) in [4.78, 5) is 27.9. The number of aldehydes is 1. The second-order valence-corrected chi connectivity index (χ2v) is 6.97. The molecule has 134 valence electrons. The van der Waals surface area contributed by atoms with Crippen LogP contribution in [0, 0.1) is 12.8 Å². The van der Waals surface area contributed by atoms with Crippen LogP contribution in [0.5, 0.6) is 0 Å². The predicted molar refractivity (Wildman–Crippen MR) is 108 cm³/mol. The Kier molecular flexibility index (Phi) is 4.55. The second-order valence-electron chi connectivity index (χ2n) is 6.97. The van der Waals surface area contributed by atoms with Gasteiger partial charge in [0.15, 0.2) is 6.29 Å². The zero-order valence-corrected chi connectivity index (χ0v) is 15.1. The van der Waals surface area contributed by atoms with E-state index in [2.05, 4.69) is 22.5 Å². The van der Waals surface area contributed by atoms with E-state index in [0.717, 1.165) is 39.9 Å². The number of rotatable bonds is 5. The lowest BCUT2D eigenvalue weighted by Gasteiger charge is -2.11. The summed E-state index contributed by atoms with van der Waals surface area (Å²) in [6.45, 7) is 1.91. The van der Waals surface area contributed by atoms with Gasteiger partial charge in [-0.05, 0) is 61.1 Å². The number of hydrogen-bond acceptors (Lipinski definition) is 3. The van der Waals surface area contributed by atoms with Gasteiger partial charge in [-0.3, -0.25) is 14.6 Å². The number of allylic oxidation sites excluding steroid dienone is 1. The fourth-order valence-electron chi connectivity index (χ4n) is 3.04. The molecule has 0 radical (unpaired) electrons. The zero-order chi connectivity index (χ0) is 18.8. The number of aryl methyl sites for hydroxylation is 1. The minimum atomic E-state index is -0.153. The molecule has 0 aliphatic heterocycles. The molecule has 3 aromatic rings. The Morgan fingerprint density at radius 3 is 2.59 bits per heavy atom. The Morgan fingerprint density at radius 2 is 1.89 bits per heavy atom. The van der Waals surface area contributed by atoms with Crippen LogP contribution in [-0.2, 0) is 0 Å². The van der Waals surface area contributed by atoms with E-state index in [4.69, 9.17) is 0 Å². The summed E-state index contributed by atoms with van der Waals surface area (Å²) in [7, 11) is 0. The first-order valence-corrected chi connectivity index (χ1v) is 9.08. The molecule has 4 rings (SSSR count). The Hall–Kier alpha value is -3.27. The summed E-state index contributed by atoms with van der Waals surface area (Å²) >= 11 is 0. The topological polar surface area (TPSA) is 59.1 Å². The van der Waals surface area contributed by atoms with Crippen molar-refractivity contribution in [3.05, 3.63) is 77.0 Å². The maximum Gasteiger partial charge on any atom is 0.255 e. The number of nitrogens with zero attached hydrogens (tertiary/aromatic N) is 1. The van der Waals surface area contributed by atoms with Gasteiger partial charge in [-0.2, -0.15) is 0 Å². The van der Waals surface area contributed by atoms with Gasteiger partial charge in [0, 0.05) is 28.4 Å². The van der Waals surface area contributed by atoms with Crippen molar-refractivity contribution in [2.45, 2.75) is 19.8 Å². The molecular formula is C23H20N2O2. The third kappa shape index (κ3) is 3.80. The Morgan fingerprint density at radius 1 is 1.11 bits per heavy atom. The third-order valence-electron chi connectivity index (χ3n) is 4.87. The predicted octanol–water partition coefficient (Wildman–Crippen LogP) is 5.03. The van der Waals surface area contributed by atoms with Gasteiger partial charge in [-0.1, -0.05) is 30.4 Å². The fourth-order valence-corrected chi connectivity index (χ4v) is 3.04. The van der Waals surface area contributed by atoms with Crippen LogP contribution in [0.3, 0.4) is 0 Å². The van der Waals surface area contributed by atoms with Gasteiger partial charge >= 0.3 is 0 Å². The van der Waals surface area contributed by atoms with E-state index in [0.29, 0.717) is 11.1 Å². The SMILES string of the molecule is Cc1c(NC(=O)c2ccc(/C=C/C3CC3)cc2)ccc2cc(C=O)cnc12. The zero-order valence-electron chi connectivity index (χ0n) is 15.1. The average molecular weight is 356 g/mol. The summed E-state index contributed by atoms with van der Waals surface area (Å²) in [6, 6.07) is 13.1. The molecule has 0 atom stereocenters. The monoisotopic (exact) mass is 356 g/mol. The molecule has 4 heteroatoms. The molecule has 27 heavy (non-hydrogen) atoms. The summed E-state index contributed by atoms with van der Waals surface area (Å²) < 4.78 is 0. The standard InChI is InChI=1S/C23H20N2O2/c1-15-21(11-10-20-12-18(14-26)13-24-22(15)20)25-23(27)19-8-6-17(7-9-19)5-4-16-2-3-16/h4-14,16H,2-3H2,1H3,(H,25,27)/b5-4+. The van der Waals surface area contributed by atoms with Gasteiger partial charge < -0.3 is 5.32 Å². The number of aromatic nitrogens is 1. The molecule has 0 bridgehead atoms. The van der Waals surface area contributed by atoms with Crippen molar-refractivity contribution < 1.29 is 9.59 Å². The van der Waals surface area contributed by atoms with Gasteiger partial charge in [0.1, 0.15) is 0 Å². The molecule has 0 saturated heterocycles. The van der Waals surface area contributed by atoms with E-state index < -0.39 is 0 Å². The molecule has 1 heterocycles. The van der Waals surface area contributed by atoms with E-state index in [9.17, 15) is 9.59 Å². The first kappa shape index (κ1) is 17.2. The molecule has 1 N–H and O–H groups in total. The van der Waals surface area contributed by atoms with Crippen LogP contribution in [0.25, 0.3) is 17.0 Å². The third-order valence-corrected chi connectivity index (χ3v) is 4.87. The largest absolute Gasteiger partial charge is 0.322 e. The number of amides is 1. The van der Waals surface area contributed by atoms with Crippen molar-refractivity contribution in [2.75, 3.05) is 5.32 Å². The highest BCUT2D eigenvalue weighted by Crippen LogP contribution is 2.31. The highest BCUT2D eigenvalue weighted by atomic mass is 16.1. The minimum Gasteiger partial charge on any atom is -0.322 e. The molecule has 4 nitrogen and oxygen atoms in total. The van der Waals surface area contributed by atoms with Gasteiger partial charge in [-0.15, -0.1) is 0 Å². The molecule has 0 spiro atoms. The number of carbonyl (C=O) groups is 2. The van der Waals surface area contributed by atoms with Gasteiger partial charge in [0.05, 0.1) is 5.52 Å². The lowest BCUT2D eigenvalue weighted by atomic mass is 10.1. The van der Waals surface area contributed by atoms with Crippen LogP contribution in [0.1, 0.15) is 44.7 Å². The van der Waals surface area contributed by atoms with E-state index >= 15 is 0 Å². The molecule has 0 unspecified atom stereocenters. The maximum atomic E-state index is 12.6. The number of benzene rings is 2. The summed E-state index contributed by atoms with van der Waals surface area (Å²) in [5.41, 5.74) is 4.63. The maximum absolute atomic E-state index is 12.6. The number of hydrogen-bond donors (Lipinski definition) is 1. The molecule has 1 aliphatic rings. The summed E-state index contributed by atoms with van der Waals surface area (Å²) in [5, 5.41) is 3.84. The molecule has 2 aromatic carbocycles. The van der Waals surface area contributed by atoms with Crippen molar-refractivity contribution in [1.29, 1.82) is 0 Å². The smallest absolute Gasteiger partial charge is 0.255 e. The number of anilines is 1. The number of nitrogens with one attached hydrogen (secondary N) is 1. The van der Waals surface area contributed by atoms with Crippen LogP contribution in [-0.4, -0.2) is 17.2 Å². The first-order chi connectivity index (χ1) is 13.1. The summed E-state index contributed by atoms with van der Waals surface area (Å²) in [5.74, 6) is 0.583. The van der Waals surface area contributed by atoms with E-state index in [1.54, 1.807) is 12.3 Å². The van der Waals surface area contributed by atoms with E-state index in [1.165, 1.54) is 12.8 Å². The van der Waals surface area contributed by atoms with Gasteiger partial charge in [0.2, 0.25) is 0 Å². The molecule has 1 fully saturated rings. The molecule has 1 aromatic heterocycles. The van der Waals surface area contributed by atoms with Crippen molar-refractivity contribution in [3.8, 4) is 0 Å². The molecular weight excluding hydrogens is 336 g/mol. The molecule has 1 aliphatic carbocycles. The van der Waals surface area contributed by atoms with Crippen LogP contribution in [0.2, 0.25) is 0 Å². The fraction of sp³-hybridized carbons (Fsp3) is 0.174.